The number of para-hydroxylation sites is 1. The maximum atomic E-state index is 12.5. The lowest BCUT2D eigenvalue weighted by Crippen LogP contribution is -2.38. The molecule has 27 heavy (non-hydrogen) atoms. The summed E-state index contributed by atoms with van der Waals surface area (Å²) >= 11 is 0. The monoisotopic (exact) mass is 365 g/mol. The number of urea groups is 1. The number of anilines is 2. The van der Waals surface area contributed by atoms with Crippen molar-refractivity contribution in [2.75, 3.05) is 23.4 Å². The van der Waals surface area contributed by atoms with Gasteiger partial charge in [-0.3, -0.25) is 9.69 Å². The van der Waals surface area contributed by atoms with E-state index in [1.807, 2.05) is 42.5 Å². The highest BCUT2D eigenvalue weighted by Crippen LogP contribution is 2.27. The fraction of sp³-hybridized carbons (Fsp3) is 0.333. The Kier molecular flexibility index (Phi) is 5.07. The van der Waals surface area contributed by atoms with Gasteiger partial charge in [-0.15, -0.1) is 0 Å². The molecule has 0 saturated carbocycles. The first-order chi connectivity index (χ1) is 13.2. The van der Waals surface area contributed by atoms with Crippen molar-refractivity contribution in [2.24, 2.45) is 0 Å². The lowest BCUT2D eigenvalue weighted by atomic mass is 10.2. The number of hydrogen-bond donors (Lipinski definition) is 2. The van der Waals surface area contributed by atoms with Gasteiger partial charge in [0.05, 0.1) is 0 Å². The molecule has 0 spiro atoms. The molecule has 1 saturated heterocycles. The molecule has 2 aliphatic rings. The van der Waals surface area contributed by atoms with Crippen molar-refractivity contribution in [1.82, 2.24) is 5.32 Å². The molecule has 4 rings (SSSR count). The molecule has 1 unspecified atom stereocenters. The van der Waals surface area contributed by atoms with Gasteiger partial charge in [-0.25, -0.2) is 4.79 Å². The highest BCUT2D eigenvalue weighted by molar-refractivity contribution is 5.95. The summed E-state index contributed by atoms with van der Waals surface area (Å²) in [4.78, 5) is 26.5. The Bertz CT molecular complexity index is 846. The van der Waals surface area contributed by atoms with Gasteiger partial charge in [0.25, 0.3) is 5.91 Å². The van der Waals surface area contributed by atoms with Crippen LogP contribution in [0, 0.1) is 0 Å². The van der Waals surface area contributed by atoms with Crippen LogP contribution in [0.5, 0.6) is 0 Å². The molecule has 1 atom stereocenters. The van der Waals surface area contributed by atoms with Gasteiger partial charge < -0.3 is 15.4 Å². The van der Waals surface area contributed by atoms with Crippen molar-refractivity contribution in [3.63, 3.8) is 0 Å². The van der Waals surface area contributed by atoms with E-state index in [1.54, 1.807) is 4.90 Å². The first-order valence-corrected chi connectivity index (χ1v) is 9.35. The van der Waals surface area contributed by atoms with Gasteiger partial charge in [0.15, 0.2) is 0 Å². The summed E-state index contributed by atoms with van der Waals surface area (Å²) in [6, 6.07) is 15.4. The SMILES string of the molecule is O=C(Nc1cccc(CNC(=O)N2CCc3ccccc32)c1)C1CCCO1. The lowest BCUT2D eigenvalue weighted by Gasteiger charge is -2.18. The number of nitrogens with one attached hydrogen (secondary N) is 2. The summed E-state index contributed by atoms with van der Waals surface area (Å²) in [5.74, 6) is -0.109. The Labute approximate surface area is 158 Å². The van der Waals surface area contributed by atoms with Crippen LogP contribution >= 0.6 is 0 Å². The Hall–Kier alpha value is -2.86. The van der Waals surface area contributed by atoms with Crippen LogP contribution < -0.4 is 15.5 Å². The second-order valence-electron chi connectivity index (χ2n) is 6.88. The number of rotatable bonds is 4. The smallest absolute Gasteiger partial charge is 0.322 e. The lowest BCUT2D eigenvalue weighted by molar-refractivity contribution is -0.124. The minimum Gasteiger partial charge on any atom is -0.368 e. The molecule has 0 aromatic heterocycles. The zero-order chi connectivity index (χ0) is 18.6. The second-order valence-corrected chi connectivity index (χ2v) is 6.88. The number of nitrogens with zero attached hydrogens (tertiary/aromatic N) is 1. The number of ether oxygens (including phenoxy) is 1. The van der Waals surface area contributed by atoms with Gasteiger partial charge in [0.1, 0.15) is 6.10 Å². The van der Waals surface area contributed by atoms with Crippen LogP contribution in [0.3, 0.4) is 0 Å². The van der Waals surface area contributed by atoms with Crippen molar-refractivity contribution in [3.8, 4) is 0 Å². The third-order valence-corrected chi connectivity index (χ3v) is 4.99. The highest BCUT2D eigenvalue weighted by Gasteiger charge is 2.24. The molecule has 6 nitrogen and oxygen atoms in total. The number of fused-ring (bicyclic) bond motifs is 1. The van der Waals surface area contributed by atoms with Crippen molar-refractivity contribution < 1.29 is 14.3 Å². The van der Waals surface area contributed by atoms with Crippen LogP contribution in [0.4, 0.5) is 16.2 Å². The average molecular weight is 365 g/mol. The van der Waals surface area contributed by atoms with Crippen molar-refractivity contribution >= 4 is 23.3 Å². The van der Waals surface area contributed by atoms with E-state index in [-0.39, 0.29) is 18.0 Å². The molecule has 2 heterocycles. The third kappa shape index (κ3) is 3.95. The van der Waals surface area contributed by atoms with Crippen LogP contribution in [0.25, 0.3) is 0 Å². The first-order valence-electron chi connectivity index (χ1n) is 9.35. The van der Waals surface area contributed by atoms with Gasteiger partial charge in [-0.05, 0) is 48.6 Å². The topological polar surface area (TPSA) is 70.7 Å². The first kappa shape index (κ1) is 17.5. The molecule has 2 aromatic rings. The molecule has 0 bridgehead atoms. The Morgan fingerprint density at radius 2 is 2.04 bits per heavy atom. The van der Waals surface area contributed by atoms with Gasteiger partial charge in [-0.1, -0.05) is 30.3 Å². The molecule has 0 aliphatic carbocycles. The van der Waals surface area contributed by atoms with Gasteiger partial charge in [0, 0.05) is 31.1 Å². The maximum Gasteiger partial charge on any atom is 0.322 e. The fourth-order valence-electron chi connectivity index (χ4n) is 3.59. The molecular weight excluding hydrogens is 342 g/mol. The summed E-state index contributed by atoms with van der Waals surface area (Å²) in [7, 11) is 0. The van der Waals surface area contributed by atoms with E-state index < -0.39 is 0 Å². The van der Waals surface area contributed by atoms with E-state index in [9.17, 15) is 9.59 Å². The van der Waals surface area contributed by atoms with E-state index in [0.717, 1.165) is 30.5 Å². The molecule has 2 aliphatic heterocycles. The van der Waals surface area contributed by atoms with Crippen LogP contribution in [0.15, 0.2) is 48.5 Å². The molecule has 140 valence electrons. The minimum atomic E-state index is -0.358. The van der Waals surface area contributed by atoms with E-state index in [2.05, 4.69) is 16.7 Å². The van der Waals surface area contributed by atoms with Gasteiger partial charge in [-0.2, -0.15) is 0 Å². The molecule has 3 amide bonds. The van der Waals surface area contributed by atoms with Crippen LogP contribution in [0.1, 0.15) is 24.0 Å². The molecule has 0 radical (unpaired) electrons. The van der Waals surface area contributed by atoms with Crippen LogP contribution in [-0.2, 0) is 22.5 Å². The Morgan fingerprint density at radius 3 is 2.89 bits per heavy atom. The largest absolute Gasteiger partial charge is 0.368 e. The standard InChI is InChI=1S/C21H23N3O3/c25-20(19-9-4-12-27-19)23-17-7-3-5-15(13-17)14-22-21(26)24-11-10-16-6-1-2-8-18(16)24/h1-3,5-8,13,19H,4,9-12,14H2,(H,22,26)(H,23,25). The molecule has 6 heteroatoms. The number of carbonyl (C=O) groups is 2. The Balaban J connectivity index is 1.35. The predicted molar refractivity (Wildman–Crippen MR) is 104 cm³/mol. The number of benzene rings is 2. The van der Waals surface area contributed by atoms with E-state index in [4.69, 9.17) is 4.74 Å². The highest BCUT2D eigenvalue weighted by atomic mass is 16.5. The number of hydrogen-bond acceptors (Lipinski definition) is 3. The number of amides is 3. The van der Waals surface area contributed by atoms with Crippen molar-refractivity contribution in [1.29, 1.82) is 0 Å². The second kappa shape index (κ2) is 7.80. The summed E-state index contributed by atoms with van der Waals surface area (Å²) in [5, 5.41) is 5.86. The summed E-state index contributed by atoms with van der Waals surface area (Å²) < 4.78 is 5.41. The summed E-state index contributed by atoms with van der Waals surface area (Å²) in [6.07, 6.45) is 2.21. The maximum absolute atomic E-state index is 12.5. The zero-order valence-corrected chi connectivity index (χ0v) is 15.1. The summed E-state index contributed by atoms with van der Waals surface area (Å²) in [5.41, 5.74) is 3.83. The van der Waals surface area contributed by atoms with E-state index in [1.165, 1.54) is 5.56 Å². The van der Waals surface area contributed by atoms with Crippen molar-refractivity contribution in [2.45, 2.75) is 31.9 Å². The van der Waals surface area contributed by atoms with Crippen LogP contribution in [0.2, 0.25) is 0 Å². The molecule has 2 N–H and O–H groups in total. The van der Waals surface area contributed by atoms with Gasteiger partial charge >= 0.3 is 6.03 Å². The predicted octanol–water partition coefficient (Wildman–Crippen LogP) is 3.08. The average Bonchev–Trinajstić information content (AvgIpc) is 3.36. The van der Waals surface area contributed by atoms with E-state index >= 15 is 0 Å². The summed E-state index contributed by atoms with van der Waals surface area (Å²) in [6.45, 7) is 1.74. The third-order valence-electron chi connectivity index (χ3n) is 4.99. The fourth-order valence-corrected chi connectivity index (χ4v) is 3.59. The molecular formula is C21H23N3O3. The van der Waals surface area contributed by atoms with Crippen LogP contribution in [-0.4, -0.2) is 31.2 Å². The normalized spacial score (nSPS) is 18.2. The molecule has 2 aromatic carbocycles. The van der Waals surface area contributed by atoms with E-state index in [0.29, 0.717) is 25.4 Å². The van der Waals surface area contributed by atoms with Gasteiger partial charge in [0.2, 0.25) is 0 Å². The molecule has 1 fully saturated rings. The zero-order valence-electron chi connectivity index (χ0n) is 15.1. The number of carbonyl (C=O) groups excluding carboxylic acids is 2. The Morgan fingerprint density at radius 1 is 1.15 bits per heavy atom. The minimum absolute atomic E-state index is 0.103. The quantitative estimate of drug-likeness (QED) is 0.875. The van der Waals surface area contributed by atoms with Crippen molar-refractivity contribution in [3.05, 3.63) is 59.7 Å².